The van der Waals surface area contributed by atoms with E-state index in [4.69, 9.17) is 10.00 Å². The Kier molecular flexibility index (Phi) is 4.05. The van der Waals surface area contributed by atoms with Crippen molar-refractivity contribution in [2.45, 2.75) is 19.0 Å². The standard InChI is InChI=1S/C9H8F3N3O/c10-9(11,12)2-1-5-16-8-7(6-13)14-3-4-15-8/h3-4H,1-2,5H2. The first-order valence-electron chi connectivity index (χ1n) is 4.43. The number of ether oxygens (including phenoxy) is 1. The topological polar surface area (TPSA) is 58.8 Å². The average Bonchev–Trinajstić information content (AvgIpc) is 2.23. The molecule has 0 aliphatic carbocycles. The van der Waals surface area contributed by atoms with Gasteiger partial charge in [0.1, 0.15) is 6.07 Å². The lowest BCUT2D eigenvalue weighted by Crippen LogP contribution is -2.10. The third-order valence-electron chi connectivity index (χ3n) is 1.61. The molecule has 0 aliphatic heterocycles. The van der Waals surface area contributed by atoms with Gasteiger partial charge in [-0.05, 0) is 6.42 Å². The second kappa shape index (κ2) is 5.30. The quantitative estimate of drug-likeness (QED) is 0.744. The molecule has 0 saturated heterocycles. The SMILES string of the molecule is N#Cc1nccnc1OCCCC(F)(F)F. The van der Waals surface area contributed by atoms with Crippen LogP contribution >= 0.6 is 0 Å². The number of halogens is 3. The summed E-state index contributed by atoms with van der Waals surface area (Å²) in [4.78, 5) is 7.35. The zero-order valence-corrected chi connectivity index (χ0v) is 8.16. The van der Waals surface area contributed by atoms with Crippen molar-refractivity contribution in [3.8, 4) is 11.9 Å². The molecule has 1 aromatic rings. The summed E-state index contributed by atoms with van der Waals surface area (Å²) in [5, 5.41) is 8.59. The molecule has 0 unspecified atom stereocenters. The lowest BCUT2D eigenvalue weighted by atomic mass is 10.3. The Balaban J connectivity index is 2.41. The predicted octanol–water partition coefficient (Wildman–Crippen LogP) is 2.07. The Morgan fingerprint density at radius 3 is 2.62 bits per heavy atom. The molecule has 1 heterocycles. The number of hydrogen-bond donors (Lipinski definition) is 0. The van der Waals surface area contributed by atoms with Crippen molar-refractivity contribution in [3.63, 3.8) is 0 Å². The highest BCUT2D eigenvalue weighted by molar-refractivity contribution is 5.29. The molecule has 4 nitrogen and oxygen atoms in total. The Bertz CT molecular complexity index is 386. The van der Waals surface area contributed by atoms with E-state index in [0.29, 0.717) is 0 Å². The first-order valence-corrected chi connectivity index (χ1v) is 4.43. The Hall–Kier alpha value is -1.84. The maximum atomic E-state index is 11.8. The molecule has 7 heteroatoms. The van der Waals surface area contributed by atoms with Crippen molar-refractivity contribution in [2.75, 3.05) is 6.61 Å². The zero-order valence-electron chi connectivity index (χ0n) is 8.16. The van der Waals surface area contributed by atoms with Gasteiger partial charge in [-0.2, -0.15) is 18.4 Å². The number of nitriles is 1. The lowest BCUT2D eigenvalue weighted by molar-refractivity contribution is -0.136. The molecule has 86 valence electrons. The lowest BCUT2D eigenvalue weighted by Gasteiger charge is -2.07. The molecule has 0 amide bonds. The third-order valence-corrected chi connectivity index (χ3v) is 1.61. The van der Waals surface area contributed by atoms with Crippen LogP contribution in [0.25, 0.3) is 0 Å². The molecule has 0 N–H and O–H groups in total. The van der Waals surface area contributed by atoms with Crippen LogP contribution in [0.1, 0.15) is 18.5 Å². The molecule has 16 heavy (non-hydrogen) atoms. The van der Waals surface area contributed by atoms with Crippen molar-refractivity contribution in [3.05, 3.63) is 18.1 Å². The summed E-state index contributed by atoms with van der Waals surface area (Å²) in [5.41, 5.74) is -0.0329. The minimum absolute atomic E-state index is 0.0329. The van der Waals surface area contributed by atoms with Crippen molar-refractivity contribution in [2.24, 2.45) is 0 Å². The number of aromatic nitrogens is 2. The molecule has 0 fully saturated rings. The van der Waals surface area contributed by atoms with Gasteiger partial charge in [-0.1, -0.05) is 0 Å². The molecular formula is C9H8F3N3O. The fraction of sp³-hybridized carbons (Fsp3) is 0.444. The van der Waals surface area contributed by atoms with E-state index in [1.807, 2.05) is 0 Å². The molecule has 0 aromatic carbocycles. The Labute approximate surface area is 89.7 Å². The van der Waals surface area contributed by atoms with E-state index >= 15 is 0 Å². The van der Waals surface area contributed by atoms with Crippen LogP contribution in [-0.2, 0) is 0 Å². The van der Waals surface area contributed by atoms with Crippen LogP contribution in [0.4, 0.5) is 13.2 Å². The molecule has 0 spiro atoms. The summed E-state index contributed by atoms with van der Waals surface area (Å²) >= 11 is 0. The minimum Gasteiger partial charge on any atom is -0.476 e. The summed E-state index contributed by atoms with van der Waals surface area (Å²) in [6.07, 6.45) is -2.68. The van der Waals surface area contributed by atoms with Crippen LogP contribution in [0.2, 0.25) is 0 Å². The highest BCUT2D eigenvalue weighted by atomic mass is 19.4. The van der Waals surface area contributed by atoms with Gasteiger partial charge in [0.05, 0.1) is 6.61 Å². The van der Waals surface area contributed by atoms with Gasteiger partial charge < -0.3 is 4.74 Å². The Morgan fingerprint density at radius 2 is 2.00 bits per heavy atom. The van der Waals surface area contributed by atoms with Gasteiger partial charge in [0, 0.05) is 18.8 Å². The van der Waals surface area contributed by atoms with Gasteiger partial charge in [-0.3, -0.25) is 0 Å². The average molecular weight is 231 g/mol. The summed E-state index contributed by atoms with van der Waals surface area (Å²) in [7, 11) is 0. The first kappa shape index (κ1) is 12.2. The maximum absolute atomic E-state index is 11.8. The second-order valence-corrected chi connectivity index (χ2v) is 2.89. The van der Waals surface area contributed by atoms with Crippen molar-refractivity contribution in [1.29, 1.82) is 5.26 Å². The monoisotopic (exact) mass is 231 g/mol. The number of nitrogens with zero attached hydrogens (tertiary/aromatic N) is 3. The van der Waals surface area contributed by atoms with E-state index in [2.05, 4.69) is 9.97 Å². The fourth-order valence-electron chi connectivity index (χ4n) is 0.949. The van der Waals surface area contributed by atoms with E-state index in [1.165, 1.54) is 12.4 Å². The molecule has 0 saturated carbocycles. The summed E-state index contributed by atoms with van der Waals surface area (Å²) in [6, 6.07) is 1.73. The highest BCUT2D eigenvalue weighted by Crippen LogP contribution is 2.21. The first-order chi connectivity index (χ1) is 7.53. The van der Waals surface area contributed by atoms with Crippen molar-refractivity contribution < 1.29 is 17.9 Å². The summed E-state index contributed by atoms with van der Waals surface area (Å²) in [5.74, 6) is -0.0350. The Morgan fingerprint density at radius 1 is 1.31 bits per heavy atom. The summed E-state index contributed by atoms with van der Waals surface area (Å²) in [6.45, 7) is -0.146. The van der Waals surface area contributed by atoms with Gasteiger partial charge in [0.25, 0.3) is 5.88 Å². The van der Waals surface area contributed by atoms with Gasteiger partial charge >= 0.3 is 6.18 Å². The number of hydrogen-bond acceptors (Lipinski definition) is 4. The van der Waals surface area contributed by atoms with Crippen LogP contribution < -0.4 is 4.74 Å². The van der Waals surface area contributed by atoms with Crippen LogP contribution in [0.15, 0.2) is 12.4 Å². The normalized spacial score (nSPS) is 10.9. The molecule has 0 atom stereocenters. The molecule has 0 aliphatic rings. The predicted molar refractivity (Wildman–Crippen MR) is 47.5 cm³/mol. The molecule has 0 radical (unpaired) electrons. The van der Waals surface area contributed by atoms with E-state index in [0.717, 1.165) is 0 Å². The van der Waals surface area contributed by atoms with E-state index in [-0.39, 0.29) is 24.6 Å². The maximum Gasteiger partial charge on any atom is 0.389 e. The van der Waals surface area contributed by atoms with Crippen molar-refractivity contribution >= 4 is 0 Å². The van der Waals surface area contributed by atoms with Gasteiger partial charge in [-0.25, -0.2) is 9.97 Å². The smallest absolute Gasteiger partial charge is 0.389 e. The van der Waals surface area contributed by atoms with Crippen molar-refractivity contribution in [1.82, 2.24) is 9.97 Å². The second-order valence-electron chi connectivity index (χ2n) is 2.89. The van der Waals surface area contributed by atoms with Gasteiger partial charge in [0.15, 0.2) is 0 Å². The van der Waals surface area contributed by atoms with Gasteiger partial charge in [0.2, 0.25) is 5.69 Å². The van der Waals surface area contributed by atoms with Crippen LogP contribution in [-0.4, -0.2) is 22.8 Å². The largest absolute Gasteiger partial charge is 0.476 e. The minimum atomic E-state index is -4.19. The summed E-state index contributed by atoms with van der Waals surface area (Å²) < 4.78 is 40.3. The zero-order chi connectivity index (χ0) is 12.0. The van der Waals surface area contributed by atoms with E-state index in [9.17, 15) is 13.2 Å². The molecule has 1 rings (SSSR count). The van der Waals surface area contributed by atoms with Crippen LogP contribution in [0, 0.1) is 11.3 Å². The molecule has 1 aromatic heterocycles. The highest BCUT2D eigenvalue weighted by Gasteiger charge is 2.26. The van der Waals surface area contributed by atoms with E-state index in [1.54, 1.807) is 6.07 Å². The third kappa shape index (κ3) is 4.13. The van der Waals surface area contributed by atoms with Crippen LogP contribution in [0.3, 0.4) is 0 Å². The fourth-order valence-corrected chi connectivity index (χ4v) is 0.949. The van der Waals surface area contributed by atoms with E-state index < -0.39 is 12.6 Å². The molecule has 0 bridgehead atoms. The number of rotatable bonds is 4. The molecular weight excluding hydrogens is 223 g/mol. The van der Waals surface area contributed by atoms with Crippen LogP contribution in [0.5, 0.6) is 5.88 Å². The van der Waals surface area contributed by atoms with Gasteiger partial charge in [-0.15, -0.1) is 0 Å². The number of alkyl halides is 3.